The second-order valence-corrected chi connectivity index (χ2v) is 7.81. The van der Waals surface area contributed by atoms with Crippen LogP contribution in [0.1, 0.15) is 15.9 Å². The molecule has 34 heavy (non-hydrogen) atoms. The third kappa shape index (κ3) is 5.43. The van der Waals surface area contributed by atoms with Crippen molar-refractivity contribution >= 4 is 23.5 Å². The van der Waals surface area contributed by atoms with Gasteiger partial charge in [-0.15, -0.1) is 0 Å². The molecule has 0 saturated carbocycles. The van der Waals surface area contributed by atoms with Gasteiger partial charge in [0.25, 0.3) is 5.91 Å². The van der Waals surface area contributed by atoms with Gasteiger partial charge in [-0.3, -0.25) is 9.59 Å². The number of amides is 2. The van der Waals surface area contributed by atoms with E-state index in [0.29, 0.717) is 61.3 Å². The number of anilines is 2. The van der Waals surface area contributed by atoms with Gasteiger partial charge in [0.15, 0.2) is 0 Å². The lowest BCUT2D eigenvalue weighted by molar-refractivity contribution is -0.130. The molecule has 2 amide bonds. The van der Waals surface area contributed by atoms with Gasteiger partial charge < -0.3 is 24.6 Å². The van der Waals surface area contributed by atoms with E-state index >= 15 is 0 Å². The minimum atomic E-state index is -0.288. The standard InChI is InChI=1S/C25H27N5O4/c1-33-20-8-9-21(22(17-20)34-2)24(32)28-19-6-4-18(5-7-19)16-23(31)29-12-14-30(15-13-29)25-26-10-3-11-27-25/h3-11,17H,12-16H2,1-2H3,(H,28,32). The Morgan fingerprint density at radius 3 is 2.29 bits per heavy atom. The van der Waals surface area contributed by atoms with Crippen LogP contribution in [-0.2, 0) is 11.2 Å². The van der Waals surface area contributed by atoms with Crippen molar-refractivity contribution in [1.29, 1.82) is 0 Å². The lowest BCUT2D eigenvalue weighted by atomic mass is 10.1. The highest BCUT2D eigenvalue weighted by Crippen LogP contribution is 2.25. The molecule has 1 saturated heterocycles. The second kappa shape index (κ2) is 10.7. The topological polar surface area (TPSA) is 96.9 Å². The van der Waals surface area contributed by atoms with Gasteiger partial charge in [-0.2, -0.15) is 0 Å². The Kier molecular flexibility index (Phi) is 7.22. The molecule has 2 aromatic carbocycles. The quantitative estimate of drug-likeness (QED) is 0.578. The Bertz CT molecular complexity index is 1130. The first-order chi connectivity index (χ1) is 16.6. The van der Waals surface area contributed by atoms with Gasteiger partial charge in [0, 0.05) is 50.3 Å². The number of carbonyl (C=O) groups is 2. The highest BCUT2D eigenvalue weighted by atomic mass is 16.5. The summed E-state index contributed by atoms with van der Waals surface area (Å²) in [6, 6.07) is 14.1. The smallest absolute Gasteiger partial charge is 0.259 e. The first-order valence-corrected chi connectivity index (χ1v) is 11.0. The number of piperazine rings is 1. The Morgan fingerprint density at radius 2 is 1.65 bits per heavy atom. The number of aromatic nitrogens is 2. The molecule has 1 aromatic heterocycles. The van der Waals surface area contributed by atoms with Crippen LogP contribution in [0.5, 0.6) is 11.5 Å². The summed E-state index contributed by atoms with van der Waals surface area (Å²) in [4.78, 5) is 37.9. The van der Waals surface area contributed by atoms with Crippen LogP contribution in [0.15, 0.2) is 60.9 Å². The van der Waals surface area contributed by atoms with E-state index in [1.165, 1.54) is 7.11 Å². The Balaban J connectivity index is 1.31. The molecule has 0 unspecified atom stereocenters. The van der Waals surface area contributed by atoms with Gasteiger partial charge in [-0.25, -0.2) is 9.97 Å². The van der Waals surface area contributed by atoms with E-state index in [4.69, 9.17) is 9.47 Å². The minimum Gasteiger partial charge on any atom is -0.497 e. The van der Waals surface area contributed by atoms with E-state index in [9.17, 15) is 9.59 Å². The van der Waals surface area contributed by atoms with Crippen molar-refractivity contribution in [3.63, 3.8) is 0 Å². The van der Waals surface area contributed by atoms with E-state index in [1.54, 1.807) is 55.9 Å². The molecule has 1 aliphatic heterocycles. The number of hydrogen-bond donors (Lipinski definition) is 1. The number of nitrogens with one attached hydrogen (secondary N) is 1. The molecule has 9 nitrogen and oxygen atoms in total. The highest BCUT2D eigenvalue weighted by Gasteiger charge is 2.22. The molecule has 3 aromatic rings. The number of benzene rings is 2. The molecule has 4 rings (SSSR count). The van der Waals surface area contributed by atoms with Gasteiger partial charge in [-0.1, -0.05) is 12.1 Å². The number of methoxy groups -OCH3 is 2. The predicted octanol–water partition coefficient (Wildman–Crippen LogP) is 2.64. The van der Waals surface area contributed by atoms with Gasteiger partial charge in [0.1, 0.15) is 11.5 Å². The number of carbonyl (C=O) groups excluding carboxylic acids is 2. The Morgan fingerprint density at radius 1 is 0.941 bits per heavy atom. The normalized spacial score (nSPS) is 13.4. The Hall–Kier alpha value is -4.14. The summed E-state index contributed by atoms with van der Waals surface area (Å²) in [6.07, 6.45) is 3.75. The van der Waals surface area contributed by atoms with Crippen LogP contribution in [0.4, 0.5) is 11.6 Å². The van der Waals surface area contributed by atoms with Crippen LogP contribution < -0.4 is 19.7 Å². The maximum atomic E-state index is 12.8. The molecule has 176 valence electrons. The molecular formula is C25H27N5O4. The van der Waals surface area contributed by atoms with Crippen molar-refractivity contribution < 1.29 is 19.1 Å². The lowest BCUT2D eigenvalue weighted by Crippen LogP contribution is -2.49. The zero-order valence-electron chi connectivity index (χ0n) is 19.2. The highest BCUT2D eigenvalue weighted by molar-refractivity contribution is 6.06. The SMILES string of the molecule is COc1ccc(C(=O)Nc2ccc(CC(=O)N3CCN(c4ncccn4)CC3)cc2)c(OC)c1. The molecule has 9 heteroatoms. The fraction of sp³-hybridized carbons (Fsp3) is 0.280. The van der Waals surface area contributed by atoms with E-state index in [2.05, 4.69) is 20.2 Å². The van der Waals surface area contributed by atoms with E-state index in [0.717, 1.165) is 5.56 Å². The molecule has 0 bridgehead atoms. The van der Waals surface area contributed by atoms with Crippen LogP contribution in [0.25, 0.3) is 0 Å². The maximum Gasteiger partial charge on any atom is 0.259 e. The fourth-order valence-electron chi connectivity index (χ4n) is 3.79. The van der Waals surface area contributed by atoms with Crippen molar-refractivity contribution in [3.05, 3.63) is 72.1 Å². The van der Waals surface area contributed by atoms with Gasteiger partial charge in [0.05, 0.1) is 26.2 Å². The van der Waals surface area contributed by atoms with E-state index in [1.807, 2.05) is 17.0 Å². The molecule has 1 N–H and O–H groups in total. The molecule has 0 spiro atoms. The second-order valence-electron chi connectivity index (χ2n) is 7.81. The molecule has 0 atom stereocenters. The van der Waals surface area contributed by atoms with Crippen LogP contribution in [0, 0.1) is 0 Å². The van der Waals surface area contributed by atoms with Gasteiger partial charge in [0.2, 0.25) is 11.9 Å². The van der Waals surface area contributed by atoms with E-state index in [-0.39, 0.29) is 11.8 Å². The fourth-order valence-corrected chi connectivity index (χ4v) is 3.79. The van der Waals surface area contributed by atoms with Crippen molar-refractivity contribution in [3.8, 4) is 11.5 Å². The zero-order valence-corrected chi connectivity index (χ0v) is 19.2. The maximum absolute atomic E-state index is 12.8. The van der Waals surface area contributed by atoms with Gasteiger partial charge in [-0.05, 0) is 35.9 Å². The van der Waals surface area contributed by atoms with Crippen molar-refractivity contribution in [1.82, 2.24) is 14.9 Å². The average Bonchev–Trinajstić information content (AvgIpc) is 2.90. The molecule has 2 heterocycles. The first-order valence-electron chi connectivity index (χ1n) is 11.0. The minimum absolute atomic E-state index is 0.0772. The zero-order chi connectivity index (χ0) is 23.9. The van der Waals surface area contributed by atoms with Crippen LogP contribution in [-0.4, -0.2) is 67.1 Å². The first kappa shape index (κ1) is 23.0. The average molecular weight is 462 g/mol. The molecule has 1 aliphatic rings. The summed E-state index contributed by atoms with van der Waals surface area (Å²) in [5, 5.41) is 2.86. The van der Waals surface area contributed by atoms with Crippen LogP contribution in [0.2, 0.25) is 0 Å². The largest absolute Gasteiger partial charge is 0.497 e. The number of nitrogens with zero attached hydrogens (tertiary/aromatic N) is 4. The predicted molar refractivity (Wildman–Crippen MR) is 128 cm³/mol. The summed E-state index contributed by atoms with van der Waals surface area (Å²) < 4.78 is 10.5. The summed E-state index contributed by atoms with van der Waals surface area (Å²) in [6.45, 7) is 2.68. The third-order valence-electron chi connectivity index (χ3n) is 5.69. The Labute approximate surface area is 198 Å². The summed E-state index contributed by atoms with van der Waals surface area (Å²) >= 11 is 0. The monoisotopic (exact) mass is 461 g/mol. The lowest BCUT2D eigenvalue weighted by Gasteiger charge is -2.34. The van der Waals surface area contributed by atoms with E-state index < -0.39 is 0 Å². The van der Waals surface area contributed by atoms with Crippen LogP contribution in [0.3, 0.4) is 0 Å². The number of hydrogen-bond acceptors (Lipinski definition) is 7. The van der Waals surface area contributed by atoms with Crippen molar-refractivity contribution in [2.45, 2.75) is 6.42 Å². The number of rotatable bonds is 7. The van der Waals surface area contributed by atoms with Crippen LogP contribution >= 0.6 is 0 Å². The summed E-state index contributed by atoms with van der Waals surface area (Å²) in [5.74, 6) is 1.52. The molecule has 1 fully saturated rings. The summed E-state index contributed by atoms with van der Waals surface area (Å²) in [5.41, 5.74) is 1.93. The molecule has 0 radical (unpaired) electrons. The summed E-state index contributed by atoms with van der Waals surface area (Å²) in [7, 11) is 3.06. The third-order valence-corrected chi connectivity index (χ3v) is 5.69. The van der Waals surface area contributed by atoms with Crippen molar-refractivity contribution in [2.24, 2.45) is 0 Å². The van der Waals surface area contributed by atoms with Crippen molar-refractivity contribution in [2.75, 3.05) is 50.6 Å². The van der Waals surface area contributed by atoms with Gasteiger partial charge >= 0.3 is 0 Å². The molecule has 0 aliphatic carbocycles. The number of ether oxygens (including phenoxy) is 2. The molecular weight excluding hydrogens is 434 g/mol.